The molecule has 0 radical (unpaired) electrons. The second kappa shape index (κ2) is 9.90. The Bertz CT molecular complexity index is 756. The van der Waals surface area contributed by atoms with Gasteiger partial charge < -0.3 is 5.32 Å². The van der Waals surface area contributed by atoms with Gasteiger partial charge in [0, 0.05) is 42.7 Å². The van der Waals surface area contributed by atoms with Gasteiger partial charge in [-0.1, -0.05) is 60.7 Å². The van der Waals surface area contributed by atoms with E-state index in [1.807, 2.05) is 12.1 Å². The van der Waals surface area contributed by atoms with Gasteiger partial charge in [0.1, 0.15) is 0 Å². The zero-order chi connectivity index (χ0) is 18.8. The van der Waals surface area contributed by atoms with E-state index in [0.717, 1.165) is 0 Å². The Labute approximate surface area is 158 Å². The highest BCUT2D eigenvalue weighted by molar-refractivity contribution is 7.80. The van der Waals surface area contributed by atoms with Crippen LogP contribution in [0.1, 0.15) is 20.7 Å². The minimum atomic E-state index is -0.157. The Hall–Kier alpha value is -3.25. The summed E-state index contributed by atoms with van der Waals surface area (Å²) in [5.74, 6) is -0.314. The van der Waals surface area contributed by atoms with Crippen molar-refractivity contribution in [1.29, 1.82) is 0 Å². The van der Waals surface area contributed by atoms with Gasteiger partial charge in [0.05, 0.1) is 0 Å². The molecule has 2 rings (SSSR count). The number of nitrogens with one attached hydrogen (secondary N) is 2. The van der Waals surface area contributed by atoms with Gasteiger partial charge in [0.15, 0.2) is 16.7 Å². The molecular weight excluding hydrogens is 346 g/mol. The highest BCUT2D eigenvalue weighted by atomic mass is 32.1. The number of allylic oxidation sites excluding steroid dienone is 2. The Morgan fingerprint density at radius 3 is 1.65 bits per heavy atom. The fraction of sp³-hybridized carbons (Fsp3) is 0.0500. The summed E-state index contributed by atoms with van der Waals surface area (Å²) in [7, 11) is 1.67. The van der Waals surface area contributed by atoms with E-state index in [9.17, 15) is 9.59 Å². The quantitative estimate of drug-likeness (QED) is 0.340. The van der Waals surface area contributed by atoms with Crippen molar-refractivity contribution in [2.75, 3.05) is 7.05 Å². The minimum Gasteiger partial charge on any atom is -0.364 e. The summed E-state index contributed by atoms with van der Waals surface area (Å²) in [5.41, 5.74) is 4.00. The second-order valence-electron chi connectivity index (χ2n) is 5.19. The summed E-state index contributed by atoms with van der Waals surface area (Å²) in [6.45, 7) is 0. The largest absolute Gasteiger partial charge is 0.364 e. The summed E-state index contributed by atoms with van der Waals surface area (Å²) in [6, 6.07) is 17.8. The first-order valence-corrected chi connectivity index (χ1v) is 8.33. The van der Waals surface area contributed by atoms with Crippen LogP contribution in [0.25, 0.3) is 0 Å². The van der Waals surface area contributed by atoms with Gasteiger partial charge in [-0.3, -0.25) is 20.0 Å². The van der Waals surface area contributed by atoms with Crippen molar-refractivity contribution in [3.05, 3.63) is 96.3 Å². The Balaban J connectivity index is 2.11. The summed E-state index contributed by atoms with van der Waals surface area (Å²) >= 11 is 5.08. The third kappa shape index (κ3) is 5.99. The molecule has 0 atom stereocenters. The zero-order valence-electron chi connectivity index (χ0n) is 14.3. The molecule has 2 aromatic carbocycles. The van der Waals surface area contributed by atoms with Crippen LogP contribution < -0.4 is 10.7 Å². The van der Waals surface area contributed by atoms with Gasteiger partial charge in [-0.05, 0) is 12.2 Å². The number of ketones is 2. The fourth-order valence-corrected chi connectivity index (χ4v) is 2.10. The molecule has 0 aliphatic heterocycles. The molecule has 0 heterocycles. The Morgan fingerprint density at radius 2 is 1.27 bits per heavy atom. The topological polar surface area (TPSA) is 61.4 Å². The molecule has 132 valence electrons. The molecule has 5 nitrogen and oxygen atoms in total. The number of carbonyl (C=O) groups excluding carboxylic acids is 2. The van der Waals surface area contributed by atoms with Gasteiger partial charge >= 0.3 is 0 Å². The van der Waals surface area contributed by atoms with Crippen LogP contribution in [0.3, 0.4) is 0 Å². The van der Waals surface area contributed by atoms with E-state index in [1.54, 1.807) is 55.6 Å². The first-order chi connectivity index (χ1) is 12.6. The molecule has 0 unspecified atom stereocenters. The van der Waals surface area contributed by atoms with Crippen LogP contribution in [0.15, 0.2) is 85.2 Å². The van der Waals surface area contributed by atoms with Crippen molar-refractivity contribution in [3.8, 4) is 0 Å². The number of hydrogen-bond acceptors (Lipinski definition) is 4. The lowest BCUT2D eigenvalue weighted by atomic mass is 10.1. The molecule has 6 heteroatoms. The molecule has 0 aliphatic carbocycles. The van der Waals surface area contributed by atoms with Gasteiger partial charge in [0.25, 0.3) is 0 Å². The highest BCUT2D eigenvalue weighted by Crippen LogP contribution is 2.03. The van der Waals surface area contributed by atoms with Crippen LogP contribution in [0.4, 0.5) is 0 Å². The summed E-state index contributed by atoms with van der Waals surface area (Å²) in [5, 5.41) is 4.57. The SMILES string of the molecule is CNC(=S)NN(/C=C/C(=O)c1ccccc1)/C=C/C(=O)c1ccccc1. The van der Waals surface area contributed by atoms with Crippen LogP contribution in [-0.4, -0.2) is 28.7 Å². The Morgan fingerprint density at radius 1 is 0.846 bits per heavy atom. The molecule has 0 fully saturated rings. The normalized spacial score (nSPS) is 10.7. The number of thiocarbonyl (C=S) groups is 1. The first kappa shape index (κ1) is 19.1. The molecule has 0 saturated heterocycles. The van der Waals surface area contributed by atoms with Crippen molar-refractivity contribution in [2.24, 2.45) is 0 Å². The maximum atomic E-state index is 12.2. The standard InChI is InChI=1S/C20H19N3O2S/c1-21-20(26)22-23(14-12-18(24)16-8-4-2-5-9-16)15-13-19(25)17-10-6-3-7-11-17/h2-15H,1H3,(H2,21,22,26)/b14-12+,15-13+. The maximum Gasteiger partial charge on any atom is 0.187 e. The molecular formula is C20H19N3O2S. The van der Waals surface area contributed by atoms with Crippen LogP contribution in [0.5, 0.6) is 0 Å². The predicted octanol–water partition coefficient (Wildman–Crippen LogP) is 3.09. The fourth-order valence-electron chi connectivity index (χ4n) is 1.99. The number of hydrogen-bond donors (Lipinski definition) is 2. The lowest BCUT2D eigenvalue weighted by Gasteiger charge is -2.18. The smallest absolute Gasteiger partial charge is 0.187 e. The van der Waals surface area contributed by atoms with Crippen LogP contribution in [0, 0.1) is 0 Å². The third-order valence-electron chi connectivity index (χ3n) is 3.35. The molecule has 0 aliphatic rings. The summed E-state index contributed by atoms with van der Waals surface area (Å²) < 4.78 is 0. The van der Waals surface area contributed by atoms with E-state index in [-0.39, 0.29) is 11.6 Å². The van der Waals surface area contributed by atoms with Crippen LogP contribution >= 0.6 is 12.2 Å². The van der Waals surface area contributed by atoms with Crippen molar-refractivity contribution in [3.63, 3.8) is 0 Å². The zero-order valence-corrected chi connectivity index (χ0v) is 15.1. The van der Waals surface area contributed by atoms with Gasteiger partial charge in [-0.25, -0.2) is 0 Å². The molecule has 0 aromatic heterocycles. The molecule has 26 heavy (non-hydrogen) atoms. The van der Waals surface area contributed by atoms with Crippen molar-refractivity contribution in [2.45, 2.75) is 0 Å². The van der Waals surface area contributed by atoms with Gasteiger partial charge in [-0.15, -0.1) is 0 Å². The van der Waals surface area contributed by atoms with E-state index < -0.39 is 0 Å². The van der Waals surface area contributed by atoms with E-state index in [4.69, 9.17) is 12.2 Å². The average molecular weight is 365 g/mol. The van der Waals surface area contributed by atoms with Crippen molar-refractivity contribution < 1.29 is 9.59 Å². The average Bonchev–Trinajstić information content (AvgIpc) is 2.70. The predicted molar refractivity (Wildman–Crippen MR) is 106 cm³/mol. The van der Waals surface area contributed by atoms with E-state index >= 15 is 0 Å². The highest BCUT2D eigenvalue weighted by Gasteiger charge is 2.04. The molecule has 2 N–H and O–H groups in total. The van der Waals surface area contributed by atoms with Crippen LogP contribution in [0.2, 0.25) is 0 Å². The van der Waals surface area contributed by atoms with E-state index in [0.29, 0.717) is 16.2 Å². The van der Waals surface area contributed by atoms with Crippen molar-refractivity contribution >= 4 is 28.9 Å². The second-order valence-corrected chi connectivity index (χ2v) is 5.60. The first-order valence-electron chi connectivity index (χ1n) is 7.92. The third-order valence-corrected chi connectivity index (χ3v) is 3.64. The summed E-state index contributed by atoms with van der Waals surface area (Å²) in [4.78, 5) is 24.4. The lowest BCUT2D eigenvalue weighted by Crippen LogP contribution is -2.40. The van der Waals surface area contributed by atoms with E-state index in [2.05, 4.69) is 10.7 Å². The molecule has 0 spiro atoms. The summed E-state index contributed by atoms with van der Waals surface area (Å²) in [6.07, 6.45) is 5.82. The monoisotopic (exact) mass is 365 g/mol. The maximum absolute atomic E-state index is 12.2. The minimum absolute atomic E-state index is 0.157. The number of benzene rings is 2. The Kier molecular flexibility index (Phi) is 7.27. The molecule has 2 aromatic rings. The number of carbonyl (C=O) groups is 2. The molecule has 0 saturated carbocycles. The van der Waals surface area contributed by atoms with Crippen molar-refractivity contribution in [1.82, 2.24) is 15.8 Å². The number of nitrogens with zero attached hydrogens (tertiary/aromatic N) is 1. The van der Waals surface area contributed by atoms with Gasteiger partial charge in [0.2, 0.25) is 0 Å². The van der Waals surface area contributed by atoms with E-state index in [1.165, 1.54) is 29.6 Å². The number of rotatable bonds is 7. The molecule has 0 bridgehead atoms. The van der Waals surface area contributed by atoms with Gasteiger partial charge in [-0.2, -0.15) is 0 Å². The number of hydrazine groups is 1. The lowest BCUT2D eigenvalue weighted by molar-refractivity contribution is 0.103. The molecule has 0 amide bonds. The van der Waals surface area contributed by atoms with Crippen LogP contribution in [-0.2, 0) is 0 Å².